The molecule has 0 amide bonds. The van der Waals surface area contributed by atoms with Crippen LogP contribution in [-0.2, 0) is 17.1 Å². The molecule has 1 aliphatic carbocycles. The lowest BCUT2D eigenvalue weighted by Gasteiger charge is -2.14. The number of nitrogens with zero attached hydrogens (tertiary/aromatic N) is 3. The smallest absolute Gasteiger partial charge is 0.255 e. The molecule has 1 aliphatic rings. The molecule has 0 bridgehead atoms. The van der Waals surface area contributed by atoms with E-state index in [0.29, 0.717) is 12.1 Å². The number of aryl methyl sites for hydroxylation is 1. The molecule has 1 N–H and O–H groups in total. The van der Waals surface area contributed by atoms with Crippen LogP contribution in [0.2, 0.25) is 0 Å². The molecule has 1 fully saturated rings. The number of hydrogen-bond acceptors (Lipinski definition) is 4. The first kappa shape index (κ1) is 15.7. The fourth-order valence-corrected chi connectivity index (χ4v) is 4.35. The fourth-order valence-electron chi connectivity index (χ4n) is 2.74. The van der Waals surface area contributed by atoms with Crippen LogP contribution < -0.4 is 4.72 Å². The van der Waals surface area contributed by atoms with Crippen LogP contribution in [-0.4, -0.2) is 23.7 Å². The Morgan fingerprint density at radius 3 is 2.43 bits per heavy atom. The zero-order chi connectivity index (χ0) is 16.9. The van der Waals surface area contributed by atoms with Crippen molar-refractivity contribution >= 4 is 10.0 Å². The summed E-state index contributed by atoms with van der Waals surface area (Å²) in [4.78, 5) is 0. The van der Waals surface area contributed by atoms with Gasteiger partial charge in [-0.15, -0.1) is 0 Å². The number of sulfonamides is 1. The summed E-state index contributed by atoms with van der Waals surface area (Å²) in [6.07, 6.45) is 0.499. The first-order valence-corrected chi connectivity index (χ1v) is 8.74. The first-order valence-electron chi connectivity index (χ1n) is 7.25. The highest BCUT2D eigenvalue weighted by atomic mass is 32.2. The van der Waals surface area contributed by atoms with Gasteiger partial charge < -0.3 is 0 Å². The molecule has 7 heteroatoms. The second kappa shape index (κ2) is 4.91. The molecule has 120 valence electrons. The third-order valence-electron chi connectivity index (χ3n) is 4.42. The minimum atomic E-state index is -3.83. The Morgan fingerprint density at radius 1 is 1.30 bits per heavy atom. The molecular weight excluding hydrogens is 312 g/mol. The summed E-state index contributed by atoms with van der Waals surface area (Å²) in [5, 5.41) is 13.7. The van der Waals surface area contributed by atoms with Crippen LogP contribution in [0.4, 0.5) is 0 Å². The molecule has 1 aromatic heterocycles. The topological polar surface area (TPSA) is 87.8 Å². The van der Waals surface area contributed by atoms with E-state index in [0.717, 1.165) is 5.56 Å². The van der Waals surface area contributed by atoms with Crippen molar-refractivity contribution in [2.75, 3.05) is 0 Å². The van der Waals surface area contributed by atoms with E-state index in [4.69, 9.17) is 0 Å². The summed E-state index contributed by atoms with van der Waals surface area (Å²) in [6.45, 7) is 3.74. The second-order valence-corrected chi connectivity index (χ2v) is 8.17. The molecule has 0 spiro atoms. The van der Waals surface area contributed by atoms with Crippen molar-refractivity contribution in [1.82, 2.24) is 14.5 Å². The van der Waals surface area contributed by atoms with Gasteiger partial charge in [0.15, 0.2) is 5.03 Å². The summed E-state index contributed by atoms with van der Waals surface area (Å²) in [7, 11) is -2.25. The molecule has 6 nitrogen and oxygen atoms in total. The van der Waals surface area contributed by atoms with Crippen LogP contribution in [0, 0.1) is 16.7 Å². The highest BCUT2D eigenvalue weighted by Crippen LogP contribution is 2.55. The van der Waals surface area contributed by atoms with E-state index in [1.165, 1.54) is 10.7 Å². The number of nitriles is 1. The zero-order valence-corrected chi connectivity index (χ0v) is 14.1. The van der Waals surface area contributed by atoms with Gasteiger partial charge in [-0.3, -0.25) is 4.68 Å². The summed E-state index contributed by atoms with van der Waals surface area (Å²) in [5.41, 5.74) is 0.0134. The maximum Gasteiger partial charge on any atom is 0.259 e. The summed E-state index contributed by atoms with van der Waals surface area (Å²) in [5.74, 6) is 0. The van der Waals surface area contributed by atoms with Crippen LogP contribution in [0.5, 0.6) is 0 Å². The lowest BCUT2D eigenvalue weighted by atomic mass is 10.1. The Balaban J connectivity index is 1.96. The van der Waals surface area contributed by atoms with E-state index in [1.807, 2.05) is 44.2 Å². The summed E-state index contributed by atoms with van der Waals surface area (Å²) in [6, 6.07) is 13.0. The molecule has 2 aromatic rings. The van der Waals surface area contributed by atoms with Crippen molar-refractivity contribution < 1.29 is 8.42 Å². The standard InChI is InChI=1S/C16H18N4O2S/c1-15(2)10-16(15,11-17)19-23(21,22)14-9-13(18-20(14)3)12-7-5-4-6-8-12/h4-9,19H,10H2,1-3H3. The second-order valence-electron chi connectivity index (χ2n) is 6.54. The Labute approximate surface area is 135 Å². The van der Waals surface area contributed by atoms with Crippen molar-refractivity contribution in [2.24, 2.45) is 12.5 Å². The van der Waals surface area contributed by atoms with E-state index in [-0.39, 0.29) is 10.4 Å². The number of benzene rings is 1. The van der Waals surface area contributed by atoms with Gasteiger partial charge in [0.1, 0.15) is 5.54 Å². The number of hydrogen-bond donors (Lipinski definition) is 1. The maximum atomic E-state index is 12.7. The third kappa shape index (κ3) is 2.54. The van der Waals surface area contributed by atoms with Gasteiger partial charge in [0.05, 0.1) is 11.8 Å². The van der Waals surface area contributed by atoms with Crippen molar-refractivity contribution in [2.45, 2.75) is 30.8 Å². The summed E-state index contributed by atoms with van der Waals surface area (Å²) < 4.78 is 29.2. The van der Waals surface area contributed by atoms with Gasteiger partial charge in [0, 0.05) is 24.1 Å². The largest absolute Gasteiger partial charge is 0.259 e. The quantitative estimate of drug-likeness (QED) is 0.929. The number of nitrogens with one attached hydrogen (secondary N) is 1. The molecule has 0 aliphatic heterocycles. The van der Waals surface area contributed by atoms with Crippen molar-refractivity contribution in [3.63, 3.8) is 0 Å². The van der Waals surface area contributed by atoms with Crippen molar-refractivity contribution in [1.29, 1.82) is 5.26 Å². The SMILES string of the molecule is Cn1nc(-c2ccccc2)cc1S(=O)(=O)NC1(C#N)CC1(C)C. The molecule has 23 heavy (non-hydrogen) atoms. The van der Waals surface area contributed by atoms with E-state index in [2.05, 4.69) is 15.9 Å². The van der Waals surface area contributed by atoms with Crippen molar-refractivity contribution in [3.8, 4) is 17.3 Å². The zero-order valence-electron chi connectivity index (χ0n) is 13.2. The molecule has 1 saturated carbocycles. The molecule has 1 heterocycles. The Hall–Kier alpha value is -2.17. The van der Waals surface area contributed by atoms with E-state index in [9.17, 15) is 13.7 Å². The Morgan fingerprint density at radius 2 is 1.91 bits per heavy atom. The average Bonchev–Trinajstić information content (AvgIpc) is 2.82. The van der Waals surface area contributed by atoms with Gasteiger partial charge in [0.2, 0.25) is 0 Å². The van der Waals surface area contributed by atoms with Gasteiger partial charge in [-0.05, 0) is 6.42 Å². The van der Waals surface area contributed by atoms with Crippen LogP contribution in [0.15, 0.2) is 41.4 Å². The summed E-state index contributed by atoms with van der Waals surface area (Å²) >= 11 is 0. The molecule has 0 saturated heterocycles. The highest BCUT2D eigenvalue weighted by molar-refractivity contribution is 7.89. The molecule has 1 atom stereocenters. The van der Waals surface area contributed by atoms with Gasteiger partial charge in [0.25, 0.3) is 10.0 Å². The predicted octanol–water partition coefficient (Wildman–Crippen LogP) is 2.06. The maximum absolute atomic E-state index is 12.7. The van der Waals surface area contributed by atoms with E-state index < -0.39 is 15.6 Å². The number of aromatic nitrogens is 2. The third-order valence-corrected chi connectivity index (χ3v) is 5.97. The minimum Gasteiger partial charge on any atom is -0.255 e. The Bertz CT molecular complexity index is 894. The predicted molar refractivity (Wildman–Crippen MR) is 85.7 cm³/mol. The average molecular weight is 330 g/mol. The Kier molecular flexibility index (Phi) is 3.36. The normalized spacial score (nSPS) is 22.5. The molecule has 3 rings (SSSR count). The first-order chi connectivity index (χ1) is 10.7. The molecule has 1 aromatic carbocycles. The molecule has 0 radical (unpaired) electrons. The van der Waals surface area contributed by atoms with E-state index in [1.54, 1.807) is 7.05 Å². The van der Waals surface area contributed by atoms with Gasteiger partial charge in [-0.25, -0.2) is 8.42 Å². The monoisotopic (exact) mass is 330 g/mol. The van der Waals surface area contributed by atoms with Crippen LogP contribution >= 0.6 is 0 Å². The highest BCUT2D eigenvalue weighted by Gasteiger charge is 2.64. The number of rotatable bonds is 4. The lowest BCUT2D eigenvalue weighted by molar-refractivity contribution is 0.506. The van der Waals surface area contributed by atoms with E-state index >= 15 is 0 Å². The van der Waals surface area contributed by atoms with Gasteiger partial charge in [-0.2, -0.15) is 15.1 Å². The van der Waals surface area contributed by atoms with Gasteiger partial charge in [-0.1, -0.05) is 44.2 Å². The lowest BCUT2D eigenvalue weighted by Crippen LogP contribution is -2.40. The van der Waals surface area contributed by atoms with Gasteiger partial charge >= 0.3 is 0 Å². The molecule has 1 unspecified atom stereocenters. The van der Waals surface area contributed by atoms with Crippen LogP contribution in [0.25, 0.3) is 11.3 Å². The van der Waals surface area contributed by atoms with Crippen LogP contribution in [0.3, 0.4) is 0 Å². The fraction of sp³-hybridized carbons (Fsp3) is 0.375. The van der Waals surface area contributed by atoms with Crippen LogP contribution in [0.1, 0.15) is 20.3 Å². The van der Waals surface area contributed by atoms with Crippen molar-refractivity contribution in [3.05, 3.63) is 36.4 Å². The molecular formula is C16H18N4O2S. The minimum absolute atomic E-state index is 0.0497.